The summed E-state index contributed by atoms with van der Waals surface area (Å²) in [7, 11) is -2.96. The third kappa shape index (κ3) is 4.79. The molecule has 0 amide bonds. The van der Waals surface area contributed by atoms with Crippen molar-refractivity contribution >= 4 is 53.5 Å². The van der Waals surface area contributed by atoms with Gasteiger partial charge in [-0.1, -0.05) is 29.5 Å². The highest BCUT2D eigenvalue weighted by molar-refractivity contribution is 14.1. The van der Waals surface area contributed by atoms with Gasteiger partial charge in [0, 0.05) is 34.8 Å². The second kappa shape index (κ2) is 7.88. The molecule has 3 atom stereocenters. The molecule has 0 aliphatic carbocycles. The Bertz CT molecular complexity index is 278. The molecule has 0 radical (unpaired) electrons. The van der Waals surface area contributed by atoms with Gasteiger partial charge in [-0.25, -0.2) is 9.76 Å². The quantitative estimate of drug-likeness (QED) is 0.412. The van der Waals surface area contributed by atoms with Gasteiger partial charge in [-0.3, -0.25) is 4.57 Å². The fourth-order valence-corrected chi connectivity index (χ4v) is 5.40. The minimum absolute atomic E-state index is 0.211. The van der Waals surface area contributed by atoms with Gasteiger partial charge in [-0.05, 0) is 6.42 Å². The fourth-order valence-electron chi connectivity index (χ4n) is 1.68. The van der Waals surface area contributed by atoms with E-state index in [2.05, 4.69) is 34.6 Å². The van der Waals surface area contributed by atoms with Gasteiger partial charge in [0.05, 0.1) is 6.61 Å². The molecule has 1 fully saturated rings. The van der Waals surface area contributed by atoms with Crippen molar-refractivity contribution in [1.29, 1.82) is 0 Å². The summed E-state index contributed by atoms with van der Waals surface area (Å²) in [4.78, 5) is 0. The number of halogens is 3. The summed E-state index contributed by atoms with van der Waals surface area (Å²) >= 11 is 13.8. The van der Waals surface area contributed by atoms with Crippen molar-refractivity contribution in [3.8, 4) is 0 Å². The number of alkyl halides is 3. The van der Waals surface area contributed by atoms with Crippen molar-refractivity contribution in [1.82, 2.24) is 9.76 Å². The van der Waals surface area contributed by atoms with Crippen molar-refractivity contribution in [2.24, 2.45) is 0 Å². The monoisotopic (exact) mass is 414 g/mol. The average Bonchev–Trinajstić information content (AvgIpc) is 2.29. The van der Waals surface area contributed by atoms with Crippen LogP contribution in [0.5, 0.6) is 0 Å². The zero-order chi connectivity index (χ0) is 12.9. The summed E-state index contributed by atoms with van der Waals surface area (Å²) in [6.45, 7) is 3.65. The van der Waals surface area contributed by atoms with E-state index in [0.29, 0.717) is 35.4 Å². The maximum absolute atomic E-state index is 12.7. The molecule has 17 heavy (non-hydrogen) atoms. The second-order valence-corrected chi connectivity index (χ2v) is 8.73. The lowest BCUT2D eigenvalue weighted by molar-refractivity contribution is 0.211. The number of hydrogen-bond donors (Lipinski definition) is 1. The van der Waals surface area contributed by atoms with E-state index in [1.807, 2.05) is 0 Å². The molecule has 3 unspecified atom stereocenters. The van der Waals surface area contributed by atoms with Gasteiger partial charge in [-0.2, -0.15) is 0 Å². The third-order valence-electron chi connectivity index (χ3n) is 2.64. The Kier molecular flexibility index (Phi) is 7.63. The largest absolute Gasteiger partial charge is 0.343 e. The standard InChI is InChI=1S/C9H18Cl2IN2O2P/c1-8(12)9-2-7-16-17(15,13-9)14(5-3-10)6-4-11/h8-9H,2-7H2,1H3,(H,13,15). The third-order valence-corrected chi connectivity index (χ3v) is 6.18. The van der Waals surface area contributed by atoms with E-state index in [1.165, 1.54) is 0 Å². The summed E-state index contributed by atoms with van der Waals surface area (Å²) in [5, 5.41) is 3.13. The van der Waals surface area contributed by atoms with Crippen LogP contribution in [0, 0.1) is 0 Å². The molecule has 0 spiro atoms. The van der Waals surface area contributed by atoms with Gasteiger partial charge >= 0.3 is 7.67 Å². The Morgan fingerprint density at radius 3 is 2.59 bits per heavy atom. The zero-order valence-corrected chi connectivity index (χ0v) is 14.3. The van der Waals surface area contributed by atoms with Crippen molar-refractivity contribution < 1.29 is 9.09 Å². The molecule has 1 aliphatic heterocycles. The Labute approximate surface area is 126 Å². The molecule has 0 bridgehead atoms. The minimum Gasteiger partial charge on any atom is -0.306 e. The maximum atomic E-state index is 12.7. The molecule has 1 saturated heterocycles. The summed E-state index contributed by atoms with van der Waals surface area (Å²) in [6, 6.07) is 0.211. The lowest BCUT2D eigenvalue weighted by atomic mass is 10.2. The van der Waals surface area contributed by atoms with Gasteiger partial charge in [0.2, 0.25) is 0 Å². The molecule has 1 N–H and O–H groups in total. The topological polar surface area (TPSA) is 41.6 Å². The lowest BCUT2D eigenvalue weighted by Crippen LogP contribution is -2.44. The van der Waals surface area contributed by atoms with Crippen LogP contribution >= 0.6 is 53.5 Å². The predicted octanol–water partition coefficient (Wildman–Crippen LogP) is 3.08. The molecule has 0 saturated carbocycles. The van der Waals surface area contributed by atoms with Crippen LogP contribution in [0.25, 0.3) is 0 Å². The van der Waals surface area contributed by atoms with Gasteiger partial charge < -0.3 is 4.52 Å². The number of nitrogens with zero attached hydrogens (tertiary/aromatic N) is 1. The summed E-state index contributed by atoms with van der Waals surface area (Å²) in [5.41, 5.74) is 0. The molecule has 0 aromatic carbocycles. The second-order valence-electron chi connectivity index (χ2n) is 3.89. The van der Waals surface area contributed by atoms with Crippen molar-refractivity contribution in [3.63, 3.8) is 0 Å². The lowest BCUT2D eigenvalue weighted by Gasteiger charge is -2.38. The molecule has 1 rings (SSSR count). The van der Waals surface area contributed by atoms with Crippen molar-refractivity contribution in [3.05, 3.63) is 0 Å². The van der Waals surface area contributed by atoms with Gasteiger partial charge in [-0.15, -0.1) is 23.2 Å². The van der Waals surface area contributed by atoms with E-state index in [4.69, 9.17) is 27.7 Å². The molecule has 102 valence electrons. The first-order chi connectivity index (χ1) is 8.03. The van der Waals surface area contributed by atoms with Crippen LogP contribution in [-0.2, 0) is 9.09 Å². The van der Waals surface area contributed by atoms with Crippen LogP contribution in [0.2, 0.25) is 0 Å². The van der Waals surface area contributed by atoms with Gasteiger partial charge in [0.25, 0.3) is 0 Å². The van der Waals surface area contributed by atoms with E-state index in [0.717, 1.165) is 6.42 Å². The first-order valence-corrected chi connectivity index (χ1v) is 9.46. The molecule has 8 heteroatoms. The highest BCUT2D eigenvalue weighted by Gasteiger charge is 2.38. The fraction of sp³-hybridized carbons (Fsp3) is 1.00. The Morgan fingerprint density at radius 2 is 2.12 bits per heavy atom. The van der Waals surface area contributed by atoms with Crippen LogP contribution in [0.4, 0.5) is 0 Å². The van der Waals surface area contributed by atoms with Crippen LogP contribution in [0.1, 0.15) is 13.3 Å². The molecule has 0 aromatic heterocycles. The molecule has 1 heterocycles. The SMILES string of the molecule is CC(I)C1CCOP(=O)(N(CCCl)CCCl)N1. The minimum atomic E-state index is -2.96. The van der Waals surface area contributed by atoms with Crippen LogP contribution < -0.4 is 5.09 Å². The van der Waals surface area contributed by atoms with Crippen LogP contribution in [0.15, 0.2) is 0 Å². The maximum Gasteiger partial charge on any atom is 0.343 e. The smallest absolute Gasteiger partial charge is 0.306 e. The van der Waals surface area contributed by atoms with Crippen LogP contribution in [-0.4, -0.2) is 46.1 Å². The highest BCUT2D eigenvalue weighted by atomic mass is 127. The number of hydrogen-bond acceptors (Lipinski definition) is 2. The molecule has 1 aliphatic rings. The predicted molar refractivity (Wildman–Crippen MR) is 81.6 cm³/mol. The van der Waals surface area contributed by atoms with E-state index < -0.39 is 7.67 Å². The van der Waals surface area contributed by atoms with Gasteiger partial charge in [0.1, 0.15) is 0 Å². The Morgan fingerprint density at radius 1 is 1.53 bits per heavy atom. The molecular weight excluding hydrogens is 397 g/mol. The Balaban J connectivity index is 2.72. The zero-order valence-electron chi connectivity index (χ0n) is 9.74. The molecule has 4 nitrogen and oxygen atoms in total. The normalized spacial score (nSPS) is 31.7. The van der Waals surface area contributed by atoms with E-state index >= 15 is 0 Å². The number of nitrogens with one attached hydrogen (secondary N) is 1. The van der Waals surface area contributed by atoms with Crippen molar-refractivity contribution in [2.75, 3.05) is 31.5 Å². The summed E-state index contributed by atoms with van der Waals surface area (Å²) in [5.74, 6) is 0.826. The Hall–Kier alpha value is 1.42. The van der Waals surface area contributed by atoms with E-state index in [1.54, 1.807) is 4.67 Å². The molecule has 0 aromatic rings. The molecular formula is C9H18Cl2IN2O2P. The summed E-state index contributed by atoms with van der Waals surface area (Å²) < 4.78 is 20.3. The first-order valence-electron chi connectivity index (χ1n) is 5.57. The van der Waals surface area contributed by atoms with E-state index in [9.17, 15) is 4.57 Å². The van der Waals surface area contributed by atoms with Gasteiger partial charge in [0.15, 0.2) is 0 Å². The van der Waals surface area contributed by atoms with Crippen molar-refractivity contribution in [2.45, 2.75) is 23.3 Å². The number of rotatable bonds is 6. The van der Waals surface area contributed by atoms with Crippen LogP contribution in [0.3, 0.4) is 0 Å². The first kappa shape index (κ1) is 16.5. The summed E-state index contributed by atoms with van der Waals surface area (Å²) in [6.07, 6.45) is 0.879. The van der Waals surface area contributed by atoms with E-state index in [-0.39, 0.29) is 6.04 Å². The highest BCUT2D eigenvalue weighted by Crippen LogP contribution is 2.50. The average molecular weight is 415 g/mol.